The van der Waals surface area contributed by atoms with Crippen molar-refractivity contribution in [3.63, 3.8) is 0 Å². The molecule has 2 rings (SSSR count). The van der Waals surface area contributed by atoms with Crippen molar-refractivity contribution < 1.29 is 9.18 Å². The van der Waals surface area contributed by atoms with Gasteiger partial charge in [0.2, 0.25) is 5.91 Å². The zero-order chi connectivity index (χ0) is 17.4. The zero-order valence-electron chi connectivity index (χ0n) is 14.9. The van der Waals surface area contributed by atoms with E-state index in [-0.39, 0.29) is 35.7 Å². The van der Waals surface area contributed by atoms with Crippen LogP contribution in [0.4, 0.5) is 4.39 Å². The minimum Gasteiger partial charge on any atom is -0.356 e. The molecule has 1 aromatic carbocycles. The van der Waals surface area contributed by atoms with Crippen LogP contribution in [0.15, 0.2) is 23.2 Å². The molecule has 1 aliphatic rings. The number of hydrogen-bond acceptors (Lipinski definition) is 2. The summed E-state index contributed by atoms with van der Waals surface area (Å²) in [5, 5.41) is 9.42. The highest BCUT2D eigenvalue weighted by Gasteiger charge is 2.22. The van der Waals surface area contributed by atoms with Gasteiger partial charge in [-0.1, -0.05) is 6.07 Å². The SMILES string of the molecule is CN=C(NCCCC(=O)NC1CC1)NCCc1ccc(F)cc1C.I. The van der Waals surface area contributed by atoms with Crippen LogP contribution < -0.4 is 16.0 Å². The lowest BCUT2D eigenvalue weighted by atomic mass is 10.1. The van der Waals surface area contributed by atoms with E-state index < -0.39 is 0 Å². The zero-order valence-corrected chi connectivity index (χ0v) is 17.2. The average Bonchev–Trinajstić information content (AvgIpc) is 3.35. The predicted octanol–water partition coefficient (Wildman–Crippen LogP) is 2.52. The minimum atomic E-state index is -0.201. The quantitative estimate of drug-likeness (QED) is 0.241. The fourth-order valence-electron chi connectivity index (χ4n) is 2.46. The first-order chi connectivity index (χ1) is 11.6. The maximum absolute atomic E-state index is 13.1. The van der Waals surface area contributed by atoms with Gasteiger partial charge < -0.3 is 16.0 Å². The van der Waals surface area contributed by atoms with Crippen LogP contribution in [0.5, 0.6) is 0 Å². The molecule has 140 valence electrons. The molecule has 0 radical (unpaired) electrons. The molecule has 0 saturated heterocycles. The van der Waals surface area contributed by atoms with Crippen molar-refractivity contribution in [1.29, 1.82) is 0 Å². The number of hydrogen-bond donors (Lipinski definition) is 3. The van der Waals surface area contributed by atoms with Gasteiger partial charge in [-0.2, -0.15) is 0 Å². The molecule has 1 fully saturated rings. The van der Waals surface area contributed by atoms with Crippen molar-refractivity contribution in [1.82, 2.24) is 16.0 Å². The molecule has 25 heavy (non-hydrogen) atoms. The third kappa shape index (κ3) is 8.51. The number of amides is 1. The summed E-state index contributed by atoms with van der Waals surface area (Å²) < 4.78 is 13.1. The Morgan fingerprint density at radius 2 is 2.00 bits per heavy atom. The van der Waals surface area contributed by atoms with Crippen molar-refractivity contribution in [2.75, 3.05) is 20.1 Å². The topological polar surface area (TPSA) is 65.5 Å². The van der Waals surface area contributed by atoms with Gasteiger partial charge in [-0.3, -0.25) is 9.79 Å². The van der Waals surface area contributed by atoms with Crippen LogP contribution in [0.2, 0.25) is 0 Å². The fraction of sp³-hybridized carbons (Fsp3) is 0.556. The Kier molecular flexibility index (Phi) is 9.77. The van der Waals surface area contributed by atoms with Crippen molar-refractivity contribution in [3.05, 3.63) is 35.1 Å². The number of guanidine groups is 1. The van der Waals surface area contributed by atoms with E-state index >= 15 is 0 Å². The van der Waals surface area contributed by atoms with Crippen molar-refractivity contribution in [2.45, 2.75) is 45.1 Å². The first-order valence-electron chi connectivity index (χ1n) is 8.57. The second-order valence-corrected chi connectivity index (χ2v) is 6.19. The van der Waals surface area contributed by atoms with Crippen molar-refractivity contribution >= 4 is 35.8 Å². The summed E-state index contributed by atoms with van der Waals surface area (Å²) in [5.74, 6) is 0.652. The van der Waals surface area contributed by atoms with Gasteiger partial charge in [0.25, 0.3) is 0 Å². The molecule has 7 heteroatoms. The van der Waals surface area contributed by atoms with E-state index in [4.69, 9.17) is 0 Å². The van der Waals surface area contributed by atoms with Crippen molar-refractivity contribution in [2.24, 2.45) is 4.99 Å². The van der Waals surface area contributed by atoms with E-state index in [0.29, 0.717) is 25.6 Å². The molecule has 5 nitrogen and oxygen atoms in total. The van der Waals surface area contributed by atoms with Crippen LogP contribution in [0.1, 0.15) is 36.8 Å². The maximum Gasteiger partial charge on any atom is 0.220 e. The number of nitrogens with zero attached hydrogens (tertiary/aromatic N) is 1. The number of benzene rings is 1. The molecule has 0 heterocycles. The van der Waals surface area contributed by atoms with Gasteiger partial charge in [0, 0.05) is 32.6 Å². The van der Waals surface area contributed by atoms with Crippen LogP contribution in [-0.4, -0.2) is 38.0 Å². The molecule has 1 amide bonds. The Bertz CT molecular complexity index is 590. The Morgan fingerprint density at radius 1 is 1.28 bits per heavy atom. The summed E-state index contributed by atoms with van der Waals surface area (Å²) in [6, 6.07) is 5.29. The highest BCUT2D eigenvalue weighted by molar-refractivity contribution is 14.0. The number of nitrogens with one attached hydrogen (secondary N) is 3. The minimum absolute atomic E-state index is 0. The smallest absolute Gasteiger partial charge is 0.220 e. The largest absolute Gasteiger partial charge is 0.356 e. The fourth-order valence-corrected chi connectivity index (χ4v) is 2.46. The lowest BCUT2D eigenvalue weighted by Gasteiger charge is -2.12. The highest BCUT2D eigenvalue weighted by Crippen LogP contribution is 2.18. The first-order valence-corrected chi connectivity index (χ1v) is 8.57. The lowest BCUT2D eigenvalue weighted by Crippen LogP contribution is -2.39. The summed E-state index contributed by atoms with van der Waals surface area (Å²) in [6.07, 6.45) is 4.35. The molecule has 0 atom stereocenters. The predicted molar refractivity (Wildman–Crippen MR) is 110 cm³/mol. The molecule has 3 N–H and O–H groups in total. The van der Waals surface area contributed by atoms with E-state index in [1.54, 1.807) is 13.1 Å². The summed E-state index contributed by atoms with van der Waals surface area (Å²) in [5.41, 5.74) is 2.08. The van der Waals surface area contributed by atoms with Gasteiger partial charge in [-0.05, 0) is 55.9 Å². The Hall–Kier alpha value is -1.38. The van der Waals surface area contributed by atoms with Gasteiger partial charge in [0.05, 0.1) is 0 Å². The van der Waals surface area contributed by atoms with Crippen LogP contribution in [-0.2, 0) is 11.2 Å². The van der Waals surface area contributed by atoms with Gasteiger partial charge in [0.1, 0.15) is 5.82 Å². The molecule has 0 aromatic heterocycles. The first kappa shape index (κ1) is 21.7. The Morgan fingerprint density at radius 3 is 2.64 bits per heavy atom. The summed E-state index contributed by atoms with van der Waals surface area (Å²) in [6.45, 7) is 3.33. The summed E-state index contributed by atoms with van der Waals surface area (Å²) in [7, 11) is 1.72. The second kappa shape index (κ2) is 11.3. The Labute approximate surface area is 166 Å². The van der Waals surface area contributed by atoms with Gasteiger partial charge in [0.15, 0.2) is 5.96 Å². The standard InChI is InChI=1S/C18H27FN4O.HI/c1-13-12-15(19)6-5-14(13)9-11-22-18(20-2)21-10-3-4-17(24)23-16-7-8-16;/h5-6,12,16H,3-4,7-11H2,1-2H3,(H,23,24)(H2,20,21,22);1H. The molecular weight excluding hydrogens is 434 g/mol. The molecule has 0 bridgehead atoms. The average molecular weight is 462 g/mol. The van der Waals surface area contributed by atoms with E-state index in [1.165, 1.54) is 6.07 Å². The van der Waals surface area contributed by atoms with Crippen LogP contribution in [0, 0.1) is 12.7 Å². The molecule has 0 spiro atoms. The molecule has 1 saturated carbocycles. The Balaban J connectivity index is 0.00000312. The normalized spacial score (nSPS) is 13.8. The van der Waals surface area contributed by atoms with Crippen LogP contribution in [0.3, 0.4) is 0 Å². The summed E-state index contributed by atoms with van der Waals surface area (Å²) in [4.78, 5) is 15.7. The molecule has 0 unspecified atom stereocenters. The molecule has 0 aliphatic heterocycles. The number of aliphatic imine (C=N–C) groups is 1. The third-order valence-corrected chi connectivity index (χ3v) is 4.03. The monoisotopic (exact) mass is 462 g/mol. The van der Waals surface area contributed by atoms with Gasteiger partial charge in [-0.15, -0.1) is 24.0 Å². The van der Waals surface area contributed by atoms with E-state index in [2.05, 4.69) is 20.9 Å². The maximum atomic E-state index is 13.1. The lowest BCUT2D eigenvalue weighted by molar-refractivity contribution is -0.121. The number of carbonyl (C=O) groups is 1. The number of halogens is 2. The van der Waals surface area contributed by atoms with Crippen molar-refractivity contribution in [3.8, 4) is 0 Å². The number of carbonyl (C=O) groups excluding carboxylic acids is 1. The molecule has 1 aromatic rings. The van der Waals surface area contributed by atoms with Crippen LogP contribution >= 0.6 is 24.0 Å². The third-order valence-electron chi connectivity index (χ3n) is 4.03. The van der Waals surface area contributed by atoms with E-state index in [9.17, 15) is 9.18 Å². The second-order valence-electron chi connectivity index (χ2n) is 6.19. The molecular formula is C18H28FIN4O. The van der Waals surface area contributed by atoms with Gasteiger partial charge in [-0.25, -0.2) is 4.39 Å². The number of aryl methyl sites for hydroxylation is 1. The molecule has 1 aliphatic carbocycles. The summed E-state index contributed by atoms with van der Waals surface area (Å²) >= 11 is 0. The number of rotatable bonds is 8. The van der Waals surface area contributed by atoms with E-state index in [1.807, 2.05) is 13.0 Å². The highest BCUT2D eigenvalue weighted by atomic mass is 127. The van der Waals surface area contributed by atoms with E-state index in [0.717, 1.165) is 42.8 Å². The van der Waals surface area contributed by atoms with Crippen LogP contribution in [0.25, 0.3) is 0 Å². The van der Waals surface area contributed by atoms with Gasteiger partial charge >= 0.3 is 0 Å².